The minimum absolute atomic E-state index is 0.152. The van der Waals surface area contributed by atoms with E-state index in [1.807, 2.05) is 6.07 Å². The van der Waals surface area contributed by atoms with Gasteiger partial charge in [0.05, 0.1) is 30.3 Å². The van der Waals surface area contributed by atoms with Gasteiger partial charge in [-0.05, 0) is 36.2 Å². The summed E-state index contributed by atoms with van der Waals surface area (Å²) in [6.07, 6.45) is 1.88. The van der Waals surface area contributed by atoms with Crippen molar-refractivity contribution in [2.75, 3.05) is 20.8 Å². The fraction of sp³-hybridized carbons (Fsp3) is 0.238. The van der Waals surface area contributed by atoms with E-state index in [1.54, 1.807) is 25.3 Å². The van der Waals surface area contributed by atoms with Crippen LogP contribution in [0.15, 0.2) is 64.1 Å². The Hall–Kier alpha value is -3.37. The van der Waals surface area contributed by atoms with Gasteiger partial charge in [-0.2, -0.15) is 4.31 Å². The lowest BCUT2D eigenvalue weighted by Gasteiger charge is -2.36. The monoisotopic (exact) mass is 444 g/mol. The summed E-state index contributed by atoms with van der Waals surface area (Å²) >= 11 is 0. The number of hydrogen-bond acceptors (Lipinski definition) is 7. The first kappa shape index (κ1) is 20.9. The lowest BCUT2D eigenvalue weighted by atomic mass is 9.91. The van der Waals surface area contributed by atoms with Gasteiger partial charge in [0, 0.05) is 30.3 Å². The molecule has 0 radical (unpaired) electrons. The summed E-state index contributed by atoms with van der Waals surface area (Å²) in [5.74, 6) is 1.48. The number of nitrogens with zero attached hydrogens (tertiary/aromatic N) is 2. The summed E-state index contributed by atoms with van der Waals surface area (Å²) in [5.41, 5.74) is 1.23. The standard InChI is InChI=1S/C21H20N2O7S/c1-28-16-11-14-8-9-22(31(26,27)17-6-3-5-15(12-17)23(24)25)21(18-7-4-10-30-18)20(14)19(13-16)29-2/h3-7,10-13,21H,8-9H2,1-2H3. The Bertz CT molecular complexity index is 1210. The maximum absolute atomic E-state index is 13.6. The molecule has 0 aliphatic carbocycles. The van der Waals surface area contributed by atoms with E-state index in [2.05, 4.69) is 0 Å². The van der Waals surface area contributed by atoms with Gasteiger partial charge in [0.2, 0.25) is 10.0 Å². The molecule has 0 bridgehead atoms. The summed E-state index contributed by atoms with van der Waals surface area (Å²) in [6, 6.07) is 11.1. The third-order valence-electron chi connectivity index (χ3n) is 5.27. The zero-order valence-corrected chi connectivity index (χ0v) is 17.7. The Morgan fingerprint density at radius 1 is 1.13 bits per heavy atom. The zero-order valence-electron chi connectivity index (χ0n) is 16.8. The number of hydrogen-bond donors (Lipinski definition) is 0. The molecule has 0 saturated carbocycles. The third-order valence-corrected chi connectivity index (χ3v) is 7.13. The van der Waals surface area contributed by atoms with Gasteiger partial charge in [-0.25, -0.2) is 8.42 Å². The van der Waals surface area contributed by atoms with Crippen molar-refractivity contribution in [3.8, 4) is 11.5 Å². The number of non-ortho nitro benzene ring substituents is 1. The molecule has 0 fully saturated rings. The average molecular weight is 444 g/mol. The highest BCUT2D eigenvalue weighted by Crippen LogP contribution is 2.45. The van der Waals surface area contributed by atoms with Crippen molar-refractivity contribution in [2.45, 2.75) is 17.4 Å². The SMILES string of the molecule is COc1cc2c(c(OC)c1)C(c1ccco1)N(S(=O)(=O)c1cccc([N+](=O)[O-])c1)CC2. The van der Waals surface area contributed by atoms with Crippen molar-refractivity contribution in [3.05, 3.63) is 81.8 Å². The molecule has 4 rings (SSSR count). The van der Waals surface area contributed by atoms with Crippen molar-refractivity contribution in [1.82, 2.24) is 4.31 Å². The molecule has 1 aliphatic heterocycles. The Morgan fingerprint density at radius 3 is 2.58 bits per heavy atom. The van der Waals surface area contributed by atoms with Crippen molar-refractivity contribution in [1.29, 1.82) is 0 Å². The van der Waals surface area contributed by atoms with E-state index >= 15 is 0 Å². The Balaban J connectivity index is 1.90. The van der Waals surface area contributed by atoms with Crippen LogP contribution in [0.25, 0.3) is 0 Å². The lowest BCUT2D eigenvalue weighted by molar-refractivity contribution is -0.385. The van der Waals surface area contributed by atoms with E-state index < -0.39 is 21.0 Å². The molecule has 1 atom stereocenters. The topological polar surface area (TPSA) is 112 Å². The molecule has 2 heterocycles. The highest BCUT2D eigenvalue weighted by atomic mass is 32.2. The summed E-state index contributed by atoms with van der Waals surface area (Å²) < 4.78 is 45.0. The summed E-state index contributed by atoms with van der Waals surface area (Å²) in [6.45, 7) is 0.152. The fourth-order valence-electron chi connectivity index (χ4n) is 3.85. The van der Waals surface area contributed by atoms with Crippen molar-refractivity contribution in [3.63, 3.8) is 0 Å². The molecule has 1 aliphatic rings. The van der Waals surface area contributed by atoms with Crippen LogP contribution in [0.1, 0.15) is 22.9 Å². The number of ether oxygens (including phenoxy) is 2. The Morgan fingerprint density at radius 2 is 1.94 bits per heavy atom. The van der Waals surface area contributed by atoms with Gasteiger partial charge in [0.1, 0.15) is 23.3 Å². The molecule has 31 heavy (non-hydrogen) atoms. The van der Waals surface area contributed by atoms with E-state index in [0.29, 0.717) is 29.2 Å². The number of methoxy groups -OCH3 is 2. The average Bonchev–Trinajstić information content (AvgIpc) is 3.32. The van der Waals surface area contributed by atoms with Crippen LogP contribution in [0.4, 0.5) is 5.69 Å². The van der Waals surface area contributed by atoms with Gasteiger partial charge < -0.3 is 13.9 Å². The molecule has 1 aromatic heterocycles. The van der Waals surface area contributed by atoms with E-state index in [-0.39, 0.29) is 17.1 Å². The van der Waals surface area contributed by atoms with Gasteiger partial charge in [-0.3, -0.25) is 10.1 Å². The summed E-state index contributed by atoms with van der Waals surface area (Å²) in [4.78, 5) is 10.4. The first-order chi connectivity index (χ1) is 14.9. The van der Waals surface area contributed by atoms with Crippen LogP contribution in [0.3, 0.4) is 0 Å². The number of nitro groups is 1. The molecule has 0 spiro atoms. The number of rotatable bonds is 6. The zero-order chi connectivity index (χ0) is 22.2. The van der Waals surface area contributed by atoms with E-state index in [1.165, 1.54) is 35.9 Å². The van der Waals surface area contributed by atoms with Crippen LogP contribution in [-0.4, -0.2) is 38.4 Å². The second kappa shape index (κ2) is 8.05. The Kier molecular flexibility index (Phi) is 5.42. The molecule has 0 amide bonds. The highest BCUT2D eigenvalue weighted by molar-refractivity contribution is 7.89. The molecule has 10 heteroatoms. The fourth-order valence-corrected chi connectivity index (χ4v) is 5.46. The van der Waals surface area contributed by atoms with Crippen molar-refractivity contribution in [2.24, 2.45) is 0 Å². The van der Waals surface area contributed by atoms with Crippen LogP contribution in [0.5, 0.6) is 11.5 Å². The third kappa shape index (κ3) is 3.64. The number of benzene rings is 2. The number of fused-ring (bicyclic) bond motifs is 1. The van der Waals surface area contributed by atoms with E-state index in [0.717, 1.165) is 11.6 Å². The van der Waals surface area contributed by atoms with Gasteiger partial charge in [-0.1, -0.05) is 6.07 Å². The van der Waals surface area contributed by atoms with Crippen LogP contribution in [0, 0.1) is 10.1 Å². The molecular formula is C21H20N2O7S. The second-order valence-corrected chi connectivity index (χ2v) is 8.83. The van der Waals surface area contributed by atoms with Gasteiger partial charge >= 0.3 is 0 Å². The van der Waals surface area contributed by atoms with E-state index in [4.69, 9.17) is 13.9 Å². The maximum Gasteiger partial charge on any atom is 0.270 e. The number of sulfonamides is 1. The van der Waals surface area contributed by atoms with Crippen LogP contribution >= 0.6 is 0 Å². The van der Waals surface area contributed by atoms with Gasteiger partial charge in [0.25, 0.3) is 5.69 Å². The normalized spacial score (nSPS) is 16.5. The molecule has 0 N–H and O–H groups in total. The molecule has 162 valence electrons. The van der Waals surface area contributed by atoms with Crippen LogP contribution in [0.2, 0.25) is 0 Å². The van der Waals surface area contributed by atoms with Crippen molar-refractivity contribution < 1.29 is 27.2 Å². The first-order valence-electron chi connectivity index (χ1n) is 9.41. The molecule has 0 saturated heterocycles. The highest BCUT2D eigenvalue weighted by Gasteiger charge is 2.41. The molecule has 9 nitrogen and oxygen atoms in total. The predicted octanol–water partition coefficient (Wildman–Crippen LogP) is 3.54. The lowest BCUT2D eigenvalue weighted by Crippen LogP contribution is -2.40. The molecule has 3 aromatic rings. The molecular weight excluding hydrogens is 424 g/mol. The largest absolute Gasteiger partial charge is 0.497 e. The van der Waals surface area contributed by atoms with Gasteiger partial charge in [-0.15, -0.1) is 0 Å². The minimum atomic E-state index is -4.09. The second-order valence-electron chi connectivity index (χ2n) is 6.94. The maximum atomic E-state index is 13.6. The summed E-state index contributed by atoms with van der Waals surface area (Å²) in [7, 11) is -1.04. The summed E-state index contributed by atoms with van der Waals surface area (Å²) in [5, 5.41) is 11.2. The minimum Gasteiger partial charge on any atom is -0.497 e. The quantitative estimate of drug-likeness (QED) is 0.422. The molecule has 2 aromatic carbocycles. The first-order valence-corrected chi connectivity index (χ1v) is 10.9. The van der Waals surface area contributed by atoms with E-state index in [9.17, 15) is 18.5 Å². The van der Waals surface area contributed by atoms with Gasteiger partial charge in [0.15, 0.2) is 0 Å². The smallest absolute Gasteiger partial charge is 0.270 e. The van der Waals surface area contributed by atoms with Crippen LogP contribution < -0.4 is 9.47 Å². The number of furan rings is 1. The number of nitro benzene ring substituents is 1. The van der Waals surface area contributed by atoms with Crippen molar-refractivity contribution >= 4 is 15.7 Å². The van der Waals surface area contributed by atoms with Crippen LogP contribution in [-0.2, 0) is 16.4 Å². The molecule has 1 unspecified atom stereocenters. The predicted molar refractivity (Wildman–Crippen MR) is 111 cm³/mol. The Labute approximate surface area is 179 Å².